The van der Waals surface area contributed by atoms with E-state index in [-0.39, 0.29) is 0 Å². The molecule has 0 radical (unpaired) electrons. The van der Waals surface area contributed by atoms with E-state index in [1.807, 2.05) is 18.2 Å². The van der Waals surface area contributed by atoms with E-state index in [0.717, 1.165) is 11.2 Å². The van der Waals surface area contributed by atoms with Crippen molar-refractivity contribution in [3.63, 3.8) is 0 Å². The van der Waals surface area contributed by atoms with Gasteiger partial charge < -0.3 is 10.6 Å². The highest BCUT2D eigenvalue weighted by Crippen LogP contribution is 2.29. The second-order valence-electron chi connectivity index (χ2n) is 4.15. The Kier molecular flexibility index (Phi) is 2.79. The summed E-state index contributed by atoms with van der Waals surface area (Å²) in [6, 6.07) is 8.18. The minimum atomic E-state index is 0.484. The number of benzene rings is 1. The smallest absolute Gasteiger partial charge is 0.0726 e. The lowest BCUT2D eigenvalue weighted by atomic mass is 10.1. The van der Waals surface area contributed by atoms with Gasteiger partial charge in [0.05, 0.1) is 16.9 Å². The maximum absolute atomic E-state index is 5.73. The molecule has 1 aromatic carbocycles. The van der Waals surface area contributed by atoms with Crippen molar-refractivity contribution in [1.82, 2.24) is 4.98 Å². The second-order valence-corrected chi connectivity index (χ2v) is 4.15. The van der Waals surface area contributed by atoms with E-state index < -0.39 is 0 Å². The summed E-state index contributed by atoms with van der Waals surface area (Å²) in [6.45, 7) is 2.56. The lowest BCUT2D eigenvalue weighted by molar-refractivity contribution is 0.974. The Labute approximate surface area is 95.9 Å². The summed E-state index contributed by atoms with van der Waals surface area (Å²) in [5, 5.41) is 1.18. The monoisotopic (exact) mass is 215 g/mol. The van der Waals surface area contributed by atoms with Crippen LogP contribution < -0.4 is 10.6 Å². The molecule has 0 aliphatic rings. The molecule has 0 atom stereocenters. The number of nitrogens with two attached hydrogens (primary N) is 1. The molecule has 1 heterocycles. The Morgan fingerprint density at radius 2 is 1.94 bits per heavy atom. The van der Waals surface area contributed by atoms with Crippen LogP contribution in [0.25, 0.3) is 10.9 Å². The maximum atomic E-state index is 5.73. The van der Waals surface area contributed by atoms with E-state index in [0.29, 0.717) is 6.54 Å². The van der Waals surface area contributed by atoms with Crippen LogP contribution >= 0.6 is 0 Å². The van der Waals surface area contributed by atoms with Crippen molar-refractivity contribution in [3.8, 4) is 0 Å². The number of rotatable bonds is 2. The molecule has 84 valence electrons. The normalized spacial score (nSPS) is 10.8. The molecule has 2 rings (SSSR count). The van der Waals surface area contributed by atoms with Crippen LogP contribution in [0.1, 0.15) is 11.3 Å². The van der Waals surface area contributed by atoms with Crippen LogP contribution in [0, 0.1) is 6.92 Å². The molecule has 0 spiro atoms. The highest BCUT2D eigenvalue weighted by molar-refractivity contribution is 5.93. The molecule has 2 N–H and O–H groups in total. The Morgan fingerprint density at radius 3 is 2.56 bits per heavy atom. The number of aromatic nitrogens is 1. The third-order valence-electron chi connectivity index (χ3n) is 2.84. The summed E-state index contributed by atoms with van der Waals surface area (Å²) in [5.41, 5.74) is 10.1. The van der Waals surface area contributed by atoms with Crippen LogP contribution in [0.3, 0.4) is 0 Å². The first kappa shape index (κ1) is 10.9. The molecule has 0 fully saturated rings. The Hall–Kier alpha value is -1.61. The lowest BCUT2D eigenvalue weighted by Gasteiger charge is -2.20. The van der Waals surface area contributed by atoms with Gasteiger partial charge in [0, 0.05) is 26.0 Å². The molecule has 0 amide bonds. The van der Waals surface area contributed by atoms with Gasteiger partial charge in [0.15, 0.2) is 0 Å². The molecule has 16 heavy (non-hydrogen) atoms. The van der Waals surface area contributed by atoms with E-state index in [4.69, 9.17) is 5.73 Å². The summed E-state index contributed by atoms with van der Waals surface area (Å²) in [6.07, 6.45) is 0. The van der Waals surface area contributed by atoms with Crippen LogP contribution in [0.5, 0.6) is 0 Å². The van der Waals surface area contributed by atoms with Gasteiger partial charge in [-0.15, -0.1) is 0 Å². The molecule has 0 saturated carbocycles. The number of fused-ring (bicyclic) bond motifs is 1. The zero-order chi connectivity index (χ0) is 11.7. The fourth-order valence-corrected chi connectivity index (χ4v) is 2.11. The Balaban J connectivity index is 2.85. The third-order valence-corrected chi connectivity index (χ3v) is 2.84. The molecule has 0 aliphatic heterocycles. The Morgan fingerprint density at radius 1 is 1.25 bits per heavy atom. The maximum Gasteiger partial charge on any atom is 0.0726 e. The van der Waals surface area contributed by atoms with Crippen molar-refractivity contribution < 1.29 is 0 Å². The van der Waals surface area contributed by atoms with Crippen molar-refractivity contribution in [3.05, 3.63) is 35.5 Å². The van der Waals surface area contributed by atoms with E-state index in [1.165, 1.54) is 16.6 Å². The standard InChI is InChI=1S/C13H17N3/c1-9-12(8-14)15-11-7-5-4-6-10(11)13(9)16(2)3/h4-7H,8,14H2,1-3H3. The molecule has 2 aromatic rings. The first-order chi connectivity index (χ1) is 7.65. The predicted molar refractivity (Wildman–Crippen MR) is 68.7 cm³/mol. The second kappa shape index (κ2) is 4.10. The van der Waals surface area contributed by atoms with Crippen LogP contribution in [0.2, 0.25) is 0 Å². The fraction of sp³-hybridized carbons (Fsp3) is 0.308. The van der Waals surface area contributed by atoms with Gasteiger partial charge in [-0.2, -0.15) is 0 Å². The molecular formula is C13H17N3. The summed E-state index contributed by atoms with van der Waals surface area (Å²) in [7, 11) is 4.10. The number of hydrogen-bond donors (Lipinski definition) is 1. The van der Waals surface area contributed by atoms with E-state index in [2.05, 4.69) is 37.0 Å². The predicted octanol–water partition coefficient (Wildman–Crippen LogP) is 2.07. The Bertz CT molecular complexity index is 518. The third kappa shape index (κ3) is 1.63. The largest absolute Gasteiger partial charge is 0.377 e. The fourth-order valence-electron chi connectivity index (χ4n) is 2.11. The van der Waals surface area contributed by atoms with Gasteiger partial charge in [-0.05, 0) is 18.6 Å². The van der Waals surface area contributed by atoms with E-state index >= 15 is 0 Å². The van der Waals surface area contributed by atoms with Gasteiger partial charge in [-0.25, -0.2) is 0 Å². The molecule has 3 nitrogen and oxygen atoms in total. The zero-order valence-corrected chi connectivity index (χ0v) is 9.99. The average Bonchev–Trinajstić information content (AvgIpc) is 2.27. The van der Waals surface area contributed by atoms with Gasteiger partial charge in [0.1, 0.15) is 0 Å². The number of para-hydroxylation sites is 1. The highest BCUT2D eigenvalue weighted by atomic mass is 15.1. The van der Waals surface area contributed by atoms with Crippen molar-refractivity contribution in [2.75, 3.05) is 19.0 Å². The zero-order valence-electron chi connectivity index (χ0n) is 9.99. The first-order valence-electron chi connectivity index (χ1n) is 5.40. The molecule has 0 saturated heterocycles. The topological polar surface area (TPSA) is 42.1 Å². The lowest BCUT2D eigenvalue weighted by Crippen LogP contribution is -2.14. The quantitative estimate of drug-likeness (QED) is 0.834. The number of nitrogens with zero attached hydrogens (tertiary/aromatic N) is 2. The van der Waals surface area contributed by atoms with Crippen LogP contribution in [-0.4, -0.2) is 19.1 Å². The summed E-state index contributed by atoms with van der Waals surface area (Å²) < 4.78 is 0. The minimum Gasteiger partial charge on any atom is -0.377 e. The van der Waals surface area contributed by atoms with Crippen LogP contribution in [-0.2, 0) is 6.54 Å². The van der Waals surface area contributed by atoms with Crippen molar-refractivity contribution in [1.29, 1.82) is 0 Å². The first-order valence-corrected chi connectivity index (χ1v) is 5.40. The average molecular weight is 215 g/mol. The highest BCUT2D eigenvalue weighted by Gasteiger charge is 2.11. The number of anilines is 1. The van der Waals surface area contributed by atoms with E-state index in [9.17, 15) is 0 Å². The number of pyridine rings is 1. The van der Waals surface area contributed by atoms with Gasteiger partial charge in [-0.1, -0.05) is 18.2 Å². The molecule has 0 bridgehead atoms. The molecule has 1 aromatic heterocycles. The van der Waals surface area contributed by atoms with Gasteiger partial charge in [0.25, 0.3) is 0 Å². The molecule has 0 unspecified atom stereocenters. The molecule has 3 heteroatoms. The SMILES string of the molecule is Cc1c(CN)nc2ccccc2c1N(C)C. The summed E-state index contributed by atoms with van der Waals surface area (Å²) in [5.74, 6) is 0. The number of hydrogen-bond acceptors (Lipinski definition) is 3. The molecular weight excluding hydrogens is 198 g/mol. The minimum absolute atomic E-state index is 0.484. The van der Waals surface area contributed by atoms with Gasteiger partial charge in [-0.3, -0.25) is 4.98 Å². The van der Waals surface area contributed by atoms with Crippen molar-refractivity contribution in [2.45, 2.75) is 13.5 Å². The van der Waals surface area contributed by atoms with Crippen LogP contribution in [0.15, 0.2) is 24.3 Å². The van der Waals surface area contributed by atoms with Crippen molar-refractivity contribution in [2.24, 2.45) is 5.73 Å². The summed E-state index contributed by atoms with van der Waals surface area (Å²) in [4.78, 5) is 6.71. The van der Waals surface area contributed by atoms with Gasteiger partial charge in [0.2, 0.25) is 0 Å². The van der Waals surface area contributed by atoms with Gasteiger partial charge >= 0.3 is 0 Å². The molecule has 0 aliphatic carbocycles. The van der Waals surface area contributed by atoms with Crippen molar-refractivity contribution >= 4 is 16.6 Å². The summed E-state index contributed by atoms with van der Waals surface area (Å²) >= 11 is 0. The van der Waals surface area contributed by atoms with E-state index in [1.54, 1.807) is 0 Å². The van der Waals surface area contributed by atoms with Crippen LogP contribution in [0.4, 0.5) is 5.69 Å².